The predicted octanol–water partition coefficient (Wildman–Crippen LogP) is 19.8. The number of carbonyl (C=O) groups excluding carboxylic acids is 2. The summed E-state index contributed by atoms with van der Waals surface area (Å²) in [6, 6.07) is 0. The first-order valence-electron chi connectivity index (χ1n) is 29.3. The molecule has 0 heterocycles. The van der Waals surface area contributed by atoms with E-state index in [1.165, 1.54) is 186 Å². The maximum Gasteiger partial charge on any atom is 0.306 e. The maximum absolute atomic E-state index is 12.3. The van der Waals surface area contributed by atoms with E-state index in [4.69, 9.17) is 9.47 Å². The fourth-order valence-corrected chi connectivity index (χ4v) is 8.70. The highest BCUT2D eigenvalue weighted by Crippen LogP contribution is 2.18. The van der Waals surface area contributed by atoms with E-state index in [9.17, 15) is 14.7 Å². The predicted molar refractivity (Wildman–Crippen MR) is 293 cm³/mol. The van der Waals surface area contributed by atoms with E-state index < -0.39 is 6.10 Å². The van der Waals surface area contributed by atoms with Crippen LogP contribution >= 0.6 is 0 Å². The molecule has 0 aromatic heterocycles. The summed E-state index contributed by atoms with van der Waals surface area (Å²) in [5.41, 5.74) is 0. The van der Waals surface area contributed by atoms with Gasteiger partial charge in [0.15, 0.2) is 6.10 Å². The molecule has 0 amide bonds. The summed E-state index contributed by atoms with van der Waals surface area (Å²) >= 11 is 0. The van der Waals surface area contributed by atoms with E-state index in [1.807, 2.05) is 0 Å². The number of carbonyl (C=O) groups is 2. The summed E-state index contributed by atoms with van der Waals surface area (Å²) in [4.78, 5) is 24.5. The first-order valence-corrected chi connectivity index (χ1v) is 29.3. The molecule has 0 saturated heterocycles. The van der Waals surface area contributed by atoms with Crippen LogP contribution in [0.25, 0.3) is 0 Å². The van der Waals surface area contributed by atoms with Gasteiger partial charge in [0.25, 0.3) is 0 Å². The van der Waals surface area contributed by atoms with Crippen molar-refractivity contribution in [2.24, 2.45) is 0 Å². The van der Waals surface area contributed by atoms with Gasteiger partial charge in [-0.3, -0.25) is 9.59 Å². The van der Waals surface area contributed by atoms with Gasteiger partial charge in [0, 0.05) is 12.8 Å². The smallest absolute Gasteiger partial charge is 0.306 e. The van der Waals surface area contributed by atoms with Gasteiger partial charge in [-0.25, -0.2) is 0 Å². The van der Waals surface area contributed by atoms with Crippen molar-refractivity contribution in [2.75, 3.05) is 13.2 Å². The van der Waals surface area contributed by atoms with Gasteiger partial charge in [-0.15, -0.1) is 0 Å². The quantitative estimate of drug-likeness (QED) is 0.0374. The molecule has 0 spiro atoms. The molecule has 390 valence electrons. The van der Waals surface area contributed by atoms with Crippen LogP contribution in [-0.2, 0) is 19.1 Å². The fraction of sp³-hybridized carbons (Fsp3) is 0.806. The van der Waals surface area contributed by atoms with Crippen LogP contribution < -0.4 is 0 Å². The lowest BCUT2D eigenvalue weighted by molar-refractivity contribution is -0.161. The molecule has 0 aromatic rings. The van der Waals surface area contributed by atoms with Gasteiger partial charge in [0.05, 0.1) is 6.61 Å². The maximum atomic E-state index is 12.3. The fourth-order valence-electron chi connectivity index (χ4n) is 8.70. The molecule has 0 rings (SSSR count). The SMILES string of the molecule is CC/C=C\C/C=C\C/C=C\C/C=C\C/C=C\CCCCCCCC(=O)OC(CO)COC(=O)CCCCCCCCCCCCCCCCCCCCCCCCCCCCCCCCCC. The molecule has 0 radical (unpaired) electrons. The lowest BCUT2D eigenvalue weighted by Gasteiger charge is -2.15. The summed E-state index contributed by atoms with van der Waals surface area (Å²) in [5.74, 6) is -0.602. The molecule has 1 unspecified atom stereocenters. The van der Waals surface area contributed by atoms with Gasteiger partial charge >= 0.3 is 11.9 Å². The average molecular weight is 938 g/mol. The third kappa shape index (κ3) is 56.1. The molecule has 0 aliphatic rings. The number of allylic oxidation sites excluding steroid dienone is 10. The first kappa shape index (κ1) is 64.6. The van der Waals surface area contributed by atoms with Crippen molar-refractivity contribution in [3.8, 4) is 0 Å². The topological polar surface area (TPSA) is 72.8 Å². The van der Waals surface area contributed by atoms with Crippen LogP contribution in [-0.4, -0.2) is 36.4 Å². The lowest BCUT2D eigenvalue weighted by atomic mass is 10.0. The standard InChI is InChI=1S/C62H112O5/c1-3-5-7-9-11-13-15-17-19-21-23-25-26-27-28-29-30-31-32-33-34-35-37-38-40-42-44-46-48-50-52-54-56-61(64)66-59-60(58-63)67-62(65)57-55-53-51-49-47-45-43-41-39-36-24-22-20-18-16-14-12-10-8-6-4-2/h6,8,12,14,18,20,24,36,41,43,60,63H,3-5,7,9-11,13,15-17,19,21-23,25-35,37-40,42,44-59H2,1-2H3/b8-6-,14-12-,20-18-,36-24-,43-41-. The van der Waals surface area contributed by atoms with Crippen LogP contribution in [0.4, 0.5) is 0 Å². The average Bonchev–Trinajstić information content (AvgIpc) is 3.33. The molecule has 0 aromatic carbocycles. The van der Waals surface area contributed by atoms with Crippen molar-refractivity contribution in [1.82, 2.24) is 0 Å². The van der Waals surface area contributed by atoms with Gasteiger partial charge in [-0.2, -0.15) is 0 Å². The zero-order valence-electron chi connectivity index (χ0n) is 44.7. The molecular formula is C62H112O5. The van der Waals surface area contributed by atoms with Crippen molar-refractivity contribution < 1.29 is 24.2 Å². The van der Waals surface area contributed by atoms with Crippen LogP contribution in [0.3, 0.4) is 0 Å². The van der Waals surface area contributed by atoms with Crippen molar-refractivity contribution in [1.29, 1.82) is 0 Å². The highest BCUT2D eigenvalue weighted by molar-refractivity contribution is 5.70. The minimum Gasteiger partial charge on any atom is -0.462 e. The Balaban J connectivity index is 3.44. The molecule has 67 heavy (non-hydrogen) atoms. The van der Waals surface area contributed by atoms with E-state index >= 15 is 0 Å². The summed E-state index contributed by atoms with van der Waals surface area (Å²) in [6.07, 6.45) is 77.9. The van der Waals surface area contributed by atoms with Crippen molar-refractivity contribution >= 4 is 11.9 Å². The second-order valence-corrected chi connectivity index (χ2v) is 19.7. The number of hydrogen-bond acceptors (Lipinski definition) is 5. The van der Waals surface area contributed by atoms with Crippen LogP contribution in [0.1, 0.15) is 303 Å². The van der Waals surface area contributed by atoms with Crippen LogP contribution in [0.15, 0.2) is 60.8 Å². The Kier molecular flexibility index (Phi) is 55.8. The Hall–Kier alpha value is -2.40. The molecule has 5 heteroatoms. The third-order valence-corrected chi connectivity index (χ3v) is 13.1. The molecule has 0 aliphatic heterocycles. The summed E-state index contributed by atoms with van der Waals surface area (Å²) in [7, 11) is 0. The number of ether oxygens (including phenoxy) is 2. The Morgan fingerprint density at radius 3 is 0.970 bits per heavy atom. The van der Waals surface area contributed by atoms with Gasteiger partial charge in [0.1, 0.15) is 6.61 Å². The number of rotatable bonds is 54. The number of hydrogen-bond donors (Lipinski definition) is 1. The molecule has 0 fully saturated rings. The number of esters is 2. The summed E-state index contributed by atoms with van der Waals surface area (Å²) < 4.78 is 10.7. The molecule has 0 saturated carbocycles. The Labute approximate surface area is 417 Å². The summed E-state index contributed by atoms with van der Waals surface area (Å²) in [5, 5.41) is 9.65. The minimum absolute atomic E-state index is 0.0729. The Bertz CT molecular complexity index is 1150. The van der Waals surface area contributed by atoms with E-state index in [-0.39, 0.29) is 25.2 Å². The van der Waals surface area contributed by atoms with Crippen molar-refractivity contribution in [3.05, 3.63) is 60.8 Å². The first-order chi connectivity index (χ1) is 33.1. The van der Waals surface area contributed by atoms with Gasteiger partial charge in [-0.1, -0.05) is 293 Å². The molecular weight excluding hydrogens is 825 g/mol. The molecule has 1 N–H and O–H groups in total. The van der Waals surface area contributed by atoms with Crippen molar-refractivity contribution in [3.63, 3.8) is 0 Å². The van der Waals surface area contributed by atoms with E-state index in [2.05, 4.69) is 74.6 Å². The van der Waals surface area contributed by atoms with E-state index in [1.54, 1.807) is 0 Å². The van der Waals surface area contributed by atoms with Gasteiger partial charge in [-0.05, 0) is 57.8 Å². The monoisotopic (exact) mass is 937 g/mol. The van der Waals surface area contributed by atoms with E-state index in [0.29, 0.717) is 12.8 Å². The second kappa shape index (κ2) is 57.9. The number of unbranched alkanes of at least 4 members (excludes halogenated alkanes) is 36. The van der Waals surface area contributed by atoms with Crippen LogP contribution in [0.2, 0.25) is 0 Å². The highest BCUT2D eigenvalue weighted by Gasteiger charge is 2.16. The van der Waals surface area contributed by atoms with Crippen LogP contribution in [0.5, 0.6) is 0 Å². The Morgan fingerprint density at radius 1 is 0.358 bits per heavy atom. The van der Waals surface area contributed by atoms with E-state index in [0.717, 1.165) is 89.9 Å². The van der Waals surface area contributed by atoms with Gasteiger partial charge in [0.2, 0.25) is 0 Å². The minimum atomic E-state index is -0.784. The number of aliphatic hydroxyl groups excluding tert-OH is 1. The normalized spacial score (nSPS) is 12.6. The molecule has 5 nitrogen and oxygen atoms in total. The largest absolute Gasteiger partial charge is 0.462 e. The lowest BCUT2D eigenvalue weighted by Crippen LogP contribution is -2.28. The Morgan fingerprint density at radius 2 is 0.642 bits per heavy atom. The summed E-state index contributed by atoms with van der Waals surface area (Å²) in [6.45, 7) is 4.05. The number of aliphatic hydroxyl groups is 1. The van der Waals surface area contributed by atoms with Crippen molar-refractivity contribution in [2.45, 2.75) is 309 Å². The molecule has 0 bridgehead atoms. The third-order valence-electron chi connectivity index (χ3n) is 13.1. The second-order valence-electron chi connectivity index (χ2n) is 19.7. The zero-order valence-corrected chi connectivity index (χ0v) is 44.7. The van der Waals surface area contributed by atoms with Gasteiger partial charge < -0.3 is 14.6 Å². The van der Waals surface area contributed by atoms with Crippen LogP contribution in [0, 0.1) is 0 Å². The zero-order chi connectivity index (χ0) is 48.5. The molecule has 1 atom stereocenters. The molecule has 0 aliphatic carbocycles. The highest BCUT2D eigenvalue weighted by atomic mass is 16.6.